The van der Waals surface area contributed by atoms with Crippen LogP contribution >= 0.6 is 0 Å². The molecule has 4 nitrogen and oxygen atoms in total. The Hall–Kier alpha value is -0.970. The van der Waals surface area contributed by atoms with E-state index in [1.807, 2.05) is 13.0 Å². The molecule has 0 bridgehead atoms. The van der Waals surface area contributed by atoms with Gasteiger partial charge in [0.2, 0.25) is 0 Å². The van der Waals surface area contributed by atoms with Crippen molar-refractivity contribution in [2.75, 3.05) is 0 Å². The van der Waals surface area contributed by atoms with Crippen molar-refractivity contribution in [2.45, 2.75) is 64.8 Å². The van der Waals surface area contributed by atoms with Gasteiger partial charge < -0.3 is 15.3 Å². The van der Waals surface area contributed by atoms with Gasteiger partial charge in [0, 0.05) is 5.92 Å². The topological polar surface area (TPSA) is 77.8 Å². The third-order valence-corrected chi connectivity index (χ3v) is 6.99. The summed E-state index contributed by atoms with van der Waals surface area (Å²) >= 11 is 0. The molecule has 24 heavy (non-hydrogen) atoms. The van der Waals surface area contributed by atoms with Crippen LogP contribution in [0.3, 0.4) is 0 Å². The fourth-order valence-electron chi connectivity index (χ4n) is 5.07. The second-order valence-electron chi connectivity index (χ2n) is 8.95. The number of carbonyl (C=O) groups is 1. The molecule has 1 unspecified atom stereocenters. The van der Waals surface area contributed by atoms with Crippen molar-refractivity contribution in [3.05, 3.63) is 23.8 Å². The number of fused-ring (bicyclic) bond motifs is 2. The molecule has 3 aliphatic carbocycles. The van der Waals surface area contributed by atoms with Crippen LogP contribution in [0, 0.1) is 29.1 Å². The van der Waals surface area contributed by atoms with Gasteiger partial charge in [-0.05, 0) is 60.5 Å². The van der Waals surface area contributed by atoms with E-state index in [0.29, 0.717) is 23.5 Å². The summed E-state index contributed by atoms with van der Waals surface area (Å²) in [4.78, 5) is 13.0. The van der Waals surface area contributed by atoms with Crippen molar-refractivity contribution in [3.63, 3.8) is 0 Å². The van der Waals surface area contributed by atoms with Gasteiger partial charge in [0.15, 0.2) is 5.78 Å². The van der Waals surface area contributed by atoms with Crippen molar-refractivity contribution in [3.8, 4) is 0 Å². The van der Waals surface area contributed by atoms with E-state index in [0.717, 1.165) is 0 Å². The highest BCUT2D eigenvalue weighted by Gasteiger charge is 2.59. The Kier molecular flexibility index (Phi) is 4.10. The van der Waals surface area contributed by atoms with Crippen molar-refractivity contribution in [2.24, 2.45) is 29.1 Å². The number of aliphatic hydroxyl groups is 3. The molecule has 3 aliphatic rings. The molecular formula is C20H30O4. The average Bonchev–Trinajstić information content (AvgIpc) is 2.91. The number of carbonyl (C=O) groups excluding carboxylic acids is 1. The number of ketones is 1. The second kappa shape index (κ2) is 5.52. The predicted octanol–water partition coefficient (Wildman–Crippen LogP) is 2.23. The highest BCUT2D eigenvalue weighted by atomic mass is 16.3. The lowest BCUT2D eigenvalue weighted by atomic mass is 9.78. The first-order chi connectivity index (χ1) is 11.0. The fraction of sp³-hybridized carbons (Fsp3) is 0.750. The van der Waals surface area contributed by atoms with Crippen LogP contribution in [0.1, 0.15) is 47.0 Å². The van der Waals surface area contributed by atoms with Gasteiger partial charge >= 0.3 is 0 Å². The molecule has 0 aromatic rings. The van der Waals surface area contributed by atoms with E-state index in [-0.39, 0.29) is 35.9 Å². The standard InChI is InChI=1S/C20H30O4/c1-10-6-15-17(22)12(3)9-20(15,24)18(23)11(2)7-13-14(8-16(10)21)19(13,4)5/h7,12-17,21-22,24H,1,6,8-9H2,2-5H3/t12-,13+,14-,15?,16+,17-,20+/m0/s1. The number of allylic oxidation sites excluding steroid dienone is 1. The van der Waals surface area contributed by atoms with Gasteiger partial charge in [-0.3, -0.25) is 4.79 Å². The zero-order valence-electron chi connectivity index (χ0n) is 15.1. The van der Waals surface area contributed by atoms with Crippen LogP contribution in [0.2, 0.25) is 0 Å². The normalized spacial score (nSPS) is 48.2. The van der Waals surface area contributed by atoms with Crippen molar-refractivity contribution in [1.29, 1.82) is 0 Å². The lowest BCUT2D eigenvalue weighted by Crippen LogP contribution is -2.45. The number of hydrogen-bond acceptors (Lipinski definition) is 4. The molecule has 0 aliphatic heterocycles. The summed E-state index contributed by atoms with van der Waals surface area (Å²) in [7, 11) is 0. The molecule has 3 rings (SSSR count). The van der Waals surface area contributed by atoms with Gasteiger partial charge in [0.1, 0.15) is 5.60 Å². The number of hydrogen-bond donors (Lipinski definition) is 3. The average molecular weight is 334 g/mol. The number of rotatable bonds is 0. The molecule has 3 N–H and O–H groups in total. The quantitative estimate of drug-likeness (QED) is 0.594. The van der Waals surface area contributed by atoms with Gasteiger partial charge in [0.05, 0.1) is 12.2 Å². The Labute approximate surface area is 144 Å². The highest BCUT2D eigenvalue weighted by molar-refractivity contribution is 6.02. The largest absolute Gasteiger partial charge is 0.392 e. The van der Waals surface area contributed by atoms with Crippen molar-refractivity contribution in [1.82, 2.24) is 0 Å². The van der Waals surface area contributed by atoms with Gasteiger partial charge in [0.25, 0.3) is 0 Å². The maximum absolute atomic E-state index is 13.0. The molecule has 0 saturated heterocycles. The molecule has 4 heteroatoms. The molecule has 2 fully saturated rings. The van der Waals surface area contributed by atoms with Crippen LogP contribution in [0.15, 0.2) is 23.8 Å². The third-order valence-electron chi connectivity index (χ3n) is 6.99. The second-order valence-corrected chi connectivity index (χ2v) is 8.95. The smallest absolute Gasteiger partial charge is 0.190 e. The minimum Gasteiger partial charge on any atom is -0.392 e. The number of aliphatic hydroxyl groups excluding tert-OH is 2. The van der Waals surface area contributed by atoms with Crippen LogP contribution in [-0.4, -0.2) is 38.9 Å². The van der Waals surface area contributed by atoms with E-state index in [9.17, 15) is 20.1 Å². The Bertz CT molecular complexity index is 605. The van der Waals surface area contributed by atoms with Crippen LogP contribution in [0.5, 0.6) is 0 Å². The van der Waals surface area contributed by atoms with Gasteiger partial charge in [-0.1, -0.05) is 33.4 Å². The van der Waals surface area contributed by atoms with E-state index in [2.05, 4.69) is 20.4 Å². The third kappa shape index (κ3) is 2.51. The molecule has 0 amide bonds. The summed E-state index contributed by atoms with van der Waals surface area (Å²) in [6, 6.07) is 0. The molecule has 134 valence electrons. The fourth-order valence-corrected chi connectivity index (χ4v) is 5.07. The molecular weight excluding hydrogens is 304 g/mol. The van der Waals surface area contributed by atoms with Gasteiger partial charge in [-0.15, -0.1) is 0 Å². The van der Waals surface area contributed by atoms with E-state index >= 15 is 0 Å². The summed E-state index contributed by atoms with van der Waals surface area (Å²) in [6.45, 7) is 11.9. The van der Waals surface area contributed by atoms with Gasteiger partial charge in [-0.2, -0.15) is 0 Å². The molecule has 0 aromatic heterocycles. The lowest BCUT2D eigenvalue weighted by molar-refractivity contribution is -0.139. The summed E-state index contributed by atoms with van der Waals surface area (Å²) in [5, 5.41) is 32.2. The SMILES string of the molecule is C=C1CC2[C@@H](O)[C@@H](C)C[C@]2(O)C(=O)C(C)=C[C@@H]2[C@H](C[C@H]1O)C2(C)C. The van der Waals surface area contributed by atoms with Crippen molar-refractivity contribution >= 4 is 5.78 Å². The first kappa shape index (κ1) is 17.8. The zero-order valence-corrected chi connectivity index (χ0v) is 15.1. The summed E-state index contributed by atoms with van der Waals surface area (Å²) < 4.78 is 0. The maximum atomic E-state index is 13.0. The van der Waals surface area contributed by atoms with Gasteiger partial charge in [-0.25, -0.2) is 0 Å². The maximum Gasteiger partial charge on any atom is 0.190 e. The molecule has 2 saturated carbocycles. The summed E-state index contributed by atoms with van der Waals surface area (Å²) in [5.41, 5.74) is -0.334. The Morgan fingerprint density at radius 1 is 1.25 bits per heavy atom. The zero-order chi connectivity index (χ0) is 18.0. The van der Waals surface area contributed by atoms with E-state index in [4.69, 9.17) is 0 Å². The summed E-state index contributed by atoms with van der Waals surface area (Å²) in [5.74, 6) is -0.500. The first-order valence-corrected chi connectivity index (χ1v) is 8.99. The first-order valence-electron chi connectivity index (χ1n) is 8.99. The molecule has 0 heterocycles. The monoisotopic (exact) mass is 334 g/mol. The van der Waals surface area contributed by atoms with E-state index in [1.165, 1.54) is 0 Å². The van der Waals surface area contributed by atoms with E-state index in [1.54, 1.807) is 6.92 Å². The van der Waals surface area contributed by atoms with Crippen LogP contribution in [0.4, 0.5) is 0 Å². The summed E-state index contributed by atoms with van der Waals surface area (Å²) in [6.07, 6.45) is 1.70. The molecule has 0 aromatic carbocycles. The Morgan fingerprint density at radius 2 is 1.88 bits per heavy atom. The van der Waals surface area contributed by atoms with Crippen molar-refractivity contribution < 1.29 is 20.1 Å². The minimum atomic E-state index is -1.57. The minimum absolute atomic E-state index is 0.0481. The van der Waals surface area contributed by atoms with Crippen LogP contribution in [0.25, 0.3) is 0 Å². The lowest BCUT2D eigenvalue weighted by Gasteiger charge is -2.31. The predicted molar refractivity (Wildman–Crippen MR) is 92.1 cm³/mol. The molecule has 0 spiro atoms. The molecule has 7 atom stereocenters. The Balaban J connectivity index is 2.03. The molecule has 0 radical (unpaired) electrons. The van der Waals surface area contributed by atoms with Crippen LogP contribution < -0.4 is 0 Å². The van der Waals surface area contributed by atoms with E-state index < -0.39 is 23.7 Å². The van der Waals surface area contributed by atoms with Crippen LogP contribution in [-0.2, 0) is 4.79 Å². The highest BCUT2D eigenvalue weighted by Crippen LogP contribution is 2.62. The Morgan fingerprint density at radius 3 is 2.50 bits per heavy atom. The number of Topliss-reactive ketones (excluding diaryl/α,β-unsaturated/α-hetero) is 1.